The zero-order valence-electron chi connectivity index (χ0n) is 11.2. The quantitative estimate of drug-likeness (QED) is 0.450. The molecule has 20 heavy (non-hydrogen) atoms. The van der Waals surface area contributed by atoms with Crippen molar-refractivity contribution in [2.24, 2.45) is 5.73 Å². The Hall–Kier alpha value is -2.12. The number of hydrogen-bond acceptors (Lipinski definition) is 4. The topological polar surface area (TPSA) is 130 Å². The van der Waals surface area contributed by atoms with Crippen LogP contribution in [0.25, 0.3) is 0 Å². The molecule has 1 fully saturated rings. The standard InChI is InChI=1S/C12H20N4O4/c13-12(20)8-3-1-2-6-14-9(17)4-5-10(18)15-7-11(19)16-8/h8H,1-7H2,(H2,13,20)(H,14,17)(H,15,18)(H,16,19). The van der Waals surface area contributed by atoms with Crippen LogP contribution in [0, 0.1) is 0 Å². The van der Waals surface area contributed by atoms with Gasteiger partial charge in [0, 0.05) is 19.4 Å². The number of nitrogens with two attached hydrogens (primary N) is 1. The van der Waals surface area contributed by atoms with Crippen molar-refractivity contribution < 1.29 is 19.2 Å². The summed E-state index contributed by atoms with van der Waals surface area (Å²) in [7, 11) is 0. The van der Waals surface area contributed by atoms with Gasteiger partial charge in [0.15, 0.2) is 0 Å². The van der Waals surface area contributed by atoms with Crippen molar-refractivity contribution in [2.75, 3.05) is 13.1 Å². The lowest BCUT2D eigenvalue weighted by atomic mass is 10.1. The third-order valence-corrected chi connectivity index (χ3v) is 2.95. The molecule has 1 aliphatic heterocycles. The zero-order valence-corrected chi connectivity index (χ0v) is 11.2. The summed E-state index contributed by atoms with van der Waals surface area (Å²) in [4.78, 5) is 45.6. The second kappa shape index (κ2) is 8.13. The Morgan fingerprint density at radius 2 is 1.65 bits per heavy atom. The van der Waals surface area contributed by atoms with Crippen molar-refractivity contribution in [1.29, 1.82) is 0 Å². The number of carbonyl (C=O) groups is 4. The fourth-order valence-electron chi connectivity index (χ4n) is 1.81. The van der Waals surface area contributed by atoms with Crippen molar-refractivity contribution in [3.05, 3.63) is 0 Å². The molecule has 8 heteroatoms. The van der Waals surface area contributed by atoms with E-state index in [1.807, 2.05) is 0 Å². The Bertz CT molecular complexity index is 395. The van der Waals surface area contributed by atoms with Gasteiger partial charge in [-0.05, 0) is 19.3 Å². The third kappa shape index (κ3) is 6.17. The monoisotopic (exact) mass is 284 g/mol. The number of amides is 4. The number of rotatable bonds is 1. The summed E-state index contributed by atoms with van der Waals surface area (Å²) in [5.41, 5.74) is 5.20. The van der Waals surface area contributed by atoms with E-state index in [2.05, 4.69) is 16.0 Å². The molecule has 1 unspecified atom stereocenters. The maximum absolute atomic E-state index is 11.6. The van der Waals surface area contributed by atoms with E-state index in [1.54, 1.807) is 0 Å². The Labute approximate surface area is 116 Å². The van der Waals surface area contributed by atoms with Crippen LogP contribution in [-0.2, 0) is 19.2 Å². The molecule has 0 spiro atoms. The van der Waals surface area contributed by atoms with E-state index in [1.165, 1.54) is 0 Å². The Kier molecular flexibility index (Phi) is 6.48. The molecule has 112 valence electrons. The van der Waals surface area contributed by atoms with E-state index in [0.29, 0.717) is 25.8 Å². The molecule has 1 aliphatic rings. The molecule has 0 saturated carbocycles. The molecule has 1 atom stereocenters. The van der Waals surface area contributed by atoms with Gasteiger partial charge in [0.05, 0.1) is 6.54 Å². The largest absolute Gasteiger partial charge is 0.368 e. The highest BCUT2D eigenvalue weighted by Crippen LogP contribution is 2.01. The lowest BCUT2D eigenvalue weighted by Gasteiger charge is -2.16. The number of nitrogens with one attached hydrogen (secondary N) is 3. The molecular weight excluding hydrogens is 264 g/mol. The molecule has 0 aromatic carbocycles. The van der Waals surface area contributed by atoms with Gasteiger partial charge in [-0.1, -0.05) is 0 Å². The van der Waals surface area contributed by atoms with Gasteiger partial charge in [-0.15, -0.1) is 0 Å². The minimum absolute atomic E-state index is 0.0262. The molecule has 0 aliphatic carbocycles. The van der Waals surface area contributed by atoms with Gasteiger partial charge < -0.3 is 21.7 Å². The molecule has 5 N–H and O–H groups in total. The summed E-state index contributed by atoms with van der Waals surface area (Å²) in [5.74, 6) is -1.67. The van der Waals surface area contributed by atoms with Gasteiger partial charge in [-0.25, -0.2) is 0 Å². The average Bonchev–Trinajstić information content (AvgIpc) is 2.40. The Balaban J connectivity index is 2.58. The van der Waals surface area contributed by atoms with Crippen LogP contribution < -0.4 is 21.7 Å². The zero-order chi connectivity index (χ0) is 15.0. The van der Waals surface area contributed by atoms with Gasteiger partial charge in [0.2, 0.25) is 23.6 Å². The van der Waals surface area contributed by atoms with E-state index in [0.717, 1.165) is 0 Å². The van der Waals surface area contributed by atoms with Gasteiger partial charge in [0.25, 0.3) is 0 Å². The predicted molar refractivity (Wildman–Crippen MR) is 70.2 cm³/mol. The minimum atomic E-state index is -0.752. The van der Waals surface area contributed by atoms with E-state index in [9.17, 15) is 19.2 Å². The fraction of sp³-hybridized carbons (Fsp3) is 0.667. The van der Waals surface area contributed by atoms with Crippen LogP contribution in [0.3, 0.4) is 0 Å². The SMILES string of the molecule is NC(=O)C1CCCCNC(=O)CCC(=O)NCC(=O)N1. The van der Waals surface area contributed by atoms with E-state index in [4.69, 9.17) is 5.73 Å². The first-order valence-electron chi connectivity index (χ1n) is 6.61. The maximum atomic E-state index is 11.6. The first-order valence-corrected chi connectivity index (χ1v) is 6.61. The second-order valence-corrected chi connectivity index (χ2v) is 4.64. The van der Waals surface area contributed by atoms with E-state index in [-0.39, 0.29) is 31.2 Å². The van der Waals surface area contributed by atoms with Crippen LogP contribution in [0.5, 0.6) is 0 Å². The second-order valence-electron chi connectivity index (χ2n) is 4.64. The summed E-state index contributed by atoms with van der Waals surface area (Å²) in [6, 6.07) is -0.752. The molecule has 0 aromatic heterocycles. The summed E-state index contributed by atoms with van der Waals surface area (Å²) in [6.45, 7) is 0.240. The first kappa shape index (κ1) is 15.9. The normalized spacial score (nSPS) is 23.0. The molecule has 1 rings (SSSR count). The van der Waals surface area contributed by atoms with Crippen molar-refractivity contribution in [1.82, 2.24) is 16.0 Å². The minimum Gasteiger partial charge on any atom is -0.368 e. The highest BCUT2D eigenvalue weighted by molar-refractivity contribution is 5.90. The van der Waals surface area contributed by atoms with Crippen LogP contribution in [0.2, 0.25) is 0 Å². The summed E-state index contributed by atoms with van der Waals surface area (Å²) in [5, 5.41) is 7.55. The van der Waals surface area contributed by atoms with Crippen LogP contribution in [0.4, 0.5) is 0 Å². The smallest absolute Gasteiger partial charge is 0.240 e. The highest BCUT2D eigenvalue weighted by Gasteiger charge is 2.18. The highest BCUT2D eigenvalue weighted by atomic mass is 16.2. The molecule has 1 heterocycles. The molecule has 4 amide bonds. The van der Waals surface area contributed by atoms with Crippen LogP contribution in [0.1, 0.15) is 32.1 Å². The number of carbonyl (C=O) groups excluding carboxylic acids is 4. The summed E-state index contributed by atoms with van der Waals surface area (Å²) in [6.07, 6.45) is 1.86. The molecule has 0 radical (unpaired) electrons. The van der Waals surface area contributed by atoms with Crippen molar-refractivity contribution in [3.8, 4) is 0 Å². The van der Waals surface area contributed by atoms with Gasteiger partial charge in [0.1, 0.15) is 6.04 Å². The molecule has 1 saturated heterocycles. The van der Waals surface area contributed by atoms with Gasteiger partial charge >= 0.3 is 0 Å². The van der Waals surface area contributed by atoms with Crippen molar-refractivity contribution in [3.63, 3.8) is 0 Å². The lowest BCUT2D eigenvalue weighted by Crippen LogP contribution is -2.48. The number of primary amides is 1. The van der Waals surface area contributed by atoms with E-state index >= 15 is 0 Å². The van der Waals surface area contributed by atoms with Crippen LogP contribution in [-0.4, -0.2) is 42.8 Å². The molecular formula is C12H20N4O4. The van der Waals surface area contributed by atoms with Crippen LogP contribution in [0.15, 0.2) is 0 Å². The lowest BCUT2D eigenvalue weighted by molar-refractivity contribution is -0.129. The predicted octanol–water partition coefficient (Wildman–Crippen LogP) is -1.85. The maximum Gasteiger partial charge on any atom is 0.240 e. The molecule has 0 bridgehead atoms. The molecule has 0 aromatic rings. The number of hydrogen-bond donors (Lipinski definition) is 4. The van der Waals surface area contributed by atoms with Crippen LogP contribution >= 0.6 is 0 Å². The van der Waals surface area contributed by atoms with Crippen molar-refractivity contribution in [2.45, 2.75) is 38.1 Å². The van der Waals surface area contributed by atoms with Gasteiger partial charge in [-0.2, -0.15) is 0 Å². The fourth-order valence-corrected chi connectivity index (χ4v) is 1.81. The van der Waals surface area contributed by atoms with E-state index < -0.39 is 17.9 Å². The first-order chi connectivity index (χ1) is 9.49. The summed E-state index contributed by atoms with van der Waals surface area (Å²) < 4.78 is 0. The Morgan fingerprint density at radius 1 is 1.00 bits per heavy atom. The third-order valence-electron chi connectivity index (χ3n) is 2.95. The average molecular weight is 284 g/mol. The summed E-state index contributed by atoms with van der Waals surface area (Å²) >= 11 is 0. The van der Waals surface area contributed by atoms with Crippen molar-refractivity contribution >= 4 is 23.6 Å². The van der Waals surface area contributed by atoms with Gasteiger partial charge in [-0.3, -0.25) is 19.2 Å². The Morgan fingerprint density at radius 3 is 2.30 bits per heavy atom. The molecule has 8 nitrogen and oxygen atoms in total.